The predicted octanol–water partition coefficient (Wildman–Crippen LogP) is 5.46. The van der Waals surface area contributed by atoms with Crippen LogP contribution in [0.2, 0.25) is 0 Å². The van der Waals surface area contributed by atoms with Gasteiger partial charge in [-0.2, -0.15) is 0 Å². The minimum Gasteiger partial charge on any atom is -0.0882 e. The molecule has 0 amide bonds. The molecule has 87 valence electrons. The largest absolute Gasteiger partial charge is 0.0882 e. The molecule has 0 heterocycles. The maximum absolute atomic E-state index is 3.65. The number of rotatable bonds is 10. The number of allylic oxidation sites excluding steroid dienone is 4. The highest BCUT2D eigenvalue weighted by atomic mass is 13.9. The lowest BCUT2D eigenvalue weighted by Gasteiger charge is -1.98. The minimum absolute atomic E-state index is 1.04. The van der Waals surface area contributed by atoms with Gasteiger partial charge in [0.2, 0.25) is 0 Å². The molecule has 0 aliphatic rings. The van der Waals surface area contributed by atoms with Gasteiger partial charge in [0.1, 0.15) is 0 Å². The predicted molar refractivity (Wildman–Crippen MR) is 70.9 cm³/mol. The summed E-state index contributed by atoms with van der Waals surface area (Å²) in [6, 6.07) is 0. The van der Waals surface area contributed by atoms with Crippen molar-refractivity contribution in [3.8, 4) is 0 Å². The molecule has 0 saturated heterocycles. The lowest BCUT2D eigenvalue weighted by molar-refractivity contribution is 0.592. The average Bonchev–Trinajstić information content (AvgIpc) is 2.26. The summed E-state index contributed by atoms with van der Waals surface area (Å²) >= 11 is 0. The van der Waals surface area contributed by atoms with Gasteiger partial charge in [0.15, 0.2) is 0 Å². The molecular weight excluding hydrogens is 180 g/mol. The number of hydrogen-bond donors (Lipinski definition) is 0. The molecule has 0 bridgehead atoms. The van der Waals surface area contributed by atoms with Crippen LogP contribution < -0.4 is 0 Å². The lowest BCUT2D eigenvalue weighted by atomic mass is 10.1. The highest BCUT2D eigenvalue weighted by Crippen LogP contribution is 2.08. The standard InChI is InChI=1S/C15H27/c1-3-5-7-9-11-13-15-14-12-10-8-6-4-2/h3,5,9,11H,1,4,6-8,10,12-15H2,2H3. The third-order valence-corrected chi connectivity index (χ3v) is 2.58. The topological polar surface area (TPSA) is 0 Å². The molecule has 0 fully saturated rings. The first-order chi connectivity index (χ1) is 7.41. The van der Waals surface area contributed by atoms with Crippen LogP contribution in [0.4, 0.5) is 0 Å². The summed E-state index contributed by atoms with van der Waals surface area (Å²) < 4.78 is 0. The van der Waals surface area contributed by atoms with E-state index in [1.165, 1.54) is 51.4 Å². The van der Waals surface area contributed by atoms with Crippen LogP contribution in [-0.4, -0.2) is 0 Å². The van der Waals surface area contributed by atoms with E-state index in [1.807, 2.05) is 6.08 Å². The van der Waals surface area contributed by atoms with Gasteiger partial charge < -0.3 is 0 Å². The Labute approximate surface area is 96.5 Å². The number of hydrogen-bond acceptors (Lipinski definition) is 0. The van der Waals surface area contributed by atoms with Crippen LogP contribution >= 0.6 is 0 Å². The van der Waals surface area contributed by atoms with Crippen molar-refractivity contribution in [3.05, 3.63) is 31.2 Å². The van der Waals surface area contributed by atoms with Crippen molar-refractivity contribution in [1.82, 2.24) is 0 Å². The molecule has 0 unspecified atom stereocenters. The number of unbranched alkanes of at least 4 members (excludes halogenated alkanes) is 7. The van der Waals surface area contributed by atoms with Gasteiger partial charge in [-0.15, -0.1) is 0 Å². The quantitative estimate of drug-likeness (QED) is 0.329. The van der Waals surface area contributed by atoms with Crippen LogP contribution in [0.5, 0.6) is 0 Å². The molecular formula is C15H27. The molecule has 0 saturated carbocycles. The first kappa shape index (κ1) is 14.5. The van der Waals surface area contributed by atoms with E-state index in [0.29, 0.717) is 0 Å². The summed E-state index contributed by atoms with van der Waals surface area (Å²) in [6.07, 6.45) is 20.6. The zero-order valence-electron chi connectivity index (χ0n) is 10.4. The maximum Gasteiger partial charge on any atom is -0.0169 e. The zero-order chi connectivity index (χ0) is 11.2. The summed E-state index contributed by atoms with van der Waals surface area (Å²) in [4.78, 5) is 0. The van der Waals surface area contributed by atoms with Crippen molar-refractivity contribution in [1.29, 1.82) is 0 Å². The Morgan fingerprint density at radius 3 is 2.13 bits per heavy atom. The van der Waals surface area contributed by atoms with E-state index >= 15 is 0 Å². The normalized spacial score (nSPS) is 11.9. The van der Waals surface area contributed by atoms with E-state index in [-0.39, 0.29) is 0 Å². The minimum atomic E-state index is 1.04. The summed E-state index contributed by atoms with van der Waals surface area (Å²) in [5, 5.41) is 0. The van der Waals surface area contributed by atoms with E-state index in [0.717, 1.165) is 6.42 Å². The maximum atomic E-state index is 3.65. The second kappa shape index (κ2) is 13.5. The second-order valence-corrected chi connectivity index (χ2v) is 4.09. The molecule has 0 aromatic rings. The van der Waals surface area contributed by atoms with Crippen molar-refractivity contribution in [2.24, 2.45) is 0 Å². The van der Waals surface area contributed by atoms with Crippen LogP contribution in [-0.2, 0) is 0 Å². The van der Waals surface area contributed by atoms with Crippen LogP contribution in [0, 0.1) is 6.92 Å². The fraction of sp³-hybridized carbons (Fsp3) is 0.667. The fourth-order valence-corrected chi connectivity index (χ4v) is 1.61. The van der Waals surface area contributed by atoms with Crippen LogP contribution in [0.1, 0.15) is 64.7 Å². The first-order valence-electron chi connectivity index (χ1n) is 6.51. The van der Waals surface area contributed by atoms with E-state index in [4.69, 9.17) is 0 Å². The molecule has 0 heteroatoms. The van der Waals surface area contributed by atoms with Gasteiger partial charge in [-0.1, -0.05) is 69.8 Å². The van der Waals surface area contributed by atoms with Gasteiger partial charge in [-0.3, -0.25) is 0 Å². The molecule has 0 aromatic carbocycles. The van der Waals surface area contributed by atoms with E-state index in [1.54, 1.807) is 0 Å². The van der Waals surface area contributed by atoms with Crippen molar-refractivity contribution in [2.75, 3.05) is 0 Å². The van der Waals surface area contributed by atoms with Gasteiger partial charge in [0.05, 0.1) is 0 Å². The highest BCUT2D eigenvalue weighted by molar-refractivity contribution is 4.93. The van der Waals surface area contributed by atoms with Gasteiger partial charge >= 0.3 is 0 Å². The molecule has 1 radical (unpaired) electrons. The fourth-order valence-electron chi connectivity index (χ4n) is 1.61. The smallest absolute Gasteiger partial charge is 0.0169 e. The third kappa shape index (κ3) is 13.5. The van der Waals surface area contributed by atoms with Gasteiger partial charge in [-0.25, -0.2) is 0 Å². The summed E-state index contributed by atoms with van der Waals surface area (Å²) in [7, 11) is 0. The van der Waals surface area contributed by atoms with Crippen LogP contribution in [0.3, 0.4) is 0 Å². The monoisotopic (exact) mass is 207 g/mol. The molecule has 0 N–H and O–H groups in total. The van der Waals surface area contributed by atoms with Gasteiger partial charge in [0.25, 0.3) is 0 Å². The van der Waals surface area contributed by atoms with Gasteiger partial charge in [0, 0.05) is 0 Å². The zero-order valence-corrected chi connectivity index (χ0v) is 10.4. The molecule has 0 atom stereocenters. The molecule has 0 aromatic heterocycles. The lowest BCUT2D eigenvalue weighted by Crippen LogP contribution is -1.78. The molecule has 0 aliphatic heterocycles. The Balaban J connectivity index is 3.01. The Hall–Kier alpha value is -0.520. The van der Waals surface area contributed by atoms with Crippen molar-refractivity contribution in [2.45, 2.75) is 64.7 Å². The summed E-state index contributed by atoms with van der Waals surface area (Å²) in [6.45, 7) is 5.92. The molecule has 15 heavy (non-hydrogen) atoms. The molecule has 0 spiro atoms. The van der Waals surface area contributed by atoms with E-state index in [9.17, 15) is 0 Å². The Morgan fingerprint density at radius 1 is 0.800 bits per heavy atom. The molecule has 0 aliphatic carbocycles. The Morgan fingerprint density at radius 2 is 1.47 bits per heavy atom. The average molecular weight is 207 g/mol. The Bertz CT molecular complexity index is 153. The van der Waals surface area contributed by atoms with Gasteiger partial charge in [-0.05, 0) is 26.2 Å². The van der Waals surface area contributed by atoms with Crippen molar-refractivity contribution < 1.29 is 0 Å². The summed E-state index contributed by atoms with van der Waals surface area (Å²) in [5.41, 5.74) is 0. The van der Waals surface area contributed by atoms with Crippen molar-refractivity contribution in [3.63, 3.8) is 0 Å². The third-order valence-electron chi connectivity index (χ3n) is 2.58. The first-order valence-corrected chi connectivity index (χ1v) is 6.51. The summed E-state index contributed by atoms with van der Waals surface area (Å²) in [5.74, 6) is 0. The van der Waals surface area contributed by atoms with E-state index < -0.39 is 0 Å². The van der Waals surface area contributed by atoms with Crippen LogP contribution in [0.15, 0.2) is 24.3 Å². The van der Waals surface area contributed by atoms with E-state index in [2.05, 4.69) is 32.1 Å². The highest BCUT2D eigenvalue weighted by Gasteiger charge is 1.88. The van der Waals surface area contributed by atoms with Crippen LogP contribution in [0.25, 0.3) is 0 Å². The molecule has 0 rings (SSSR count). The molecule has 0 nitrogen and oxygen atoms in total. The second-order valence-electron chi connectivity index (χ2n) is 4.09. The SMILES string of the molecule is [CH2]C=CCC=CCCCCCCCCC. The van der Waals surface area contributed by atoms with Crippen molar-refractivity contribution >= 4 is 0 Å². The Kier molecular flexibility index (Phi) is 13.0.